The highest BCUT2D eigenvalue weighted by Gasteiger charge is 2.28. The minimum absolute atomic E-state index is 0.284. The highest BCUT2D eigenvalue weighted by atomic mass is 32.2. The standard InChI is InChI=1S/C11H23NO2S/c1-11(2,12)8-15(13)10-6-4-5-9(7-10)14-3/h9-10H,4-8,12H2,1-3H3. The number of hydrogen-bond donors (Lipinski definition) is 1. The zero-order valence-electron chi connectivity index (χ0n) is 9.99. The van der Waals surface area contributed by atoms with Crippen LogP contribution in [0.25, 0.3) is 0 Å². The third-order valence-electron chi connectivity index (χ3n) is 2.80. The van der Waals surface area contributed by atoms with Crippen LogP contribution in [-0.2, 0) is 15.5 Å². The average molecular weight is 233 g/mol. The molecule has 0 aromatic rings. The van der Waals surface area contributed by atoms with Crippen molar-refractivity contribution in [1.82, 2.24) is 0 Å². The van der Waals surface area contributed by atoms with Crippen LogP contribution in [0.4, 0.5) is 0 Å². The van der Waals surface area contributed by atoms with E-state index >= 15 is 0 Å². The molecule has 15 heavy (non-hydrogen) atoms. The van der Waals surface area contributed by atoms with E-state index < -0.39 is 10.8 Å². The lowest BCUT2D eigenvalue weighted by Crippen LogP contribution is -2.41. The van der Waals surface area contributed by atoms with Gasteiger partial charge >= 0.3 is 0 Å². The van der Waals surface area contributed by atoms with Crippen molar-refractivity contribution in [2.75, 3.05) is 12.9 Å². The number of ether oxygens (including phenoxy) is 1. The Balaban J connectivity index is 2.45. The normalized spacial score (nSPS) is 30.1. The van der Waals surface area contributed by atoms with Crippen molar-refractivity contribution < 1.29 is 8.95 Å². The first-order valence-corrected chi connectivity index (χ1v) is 6.99. The van der Waals surface area contributed by atoms with Crippen LogP contribution in [0.3, 0.4) is 0 Å². The van der Waals surface area contributed by atoms with Crippen LogP contribution in [0.15, 0.2) is 0 Å². The molecule has 0 aromatic heterocycles. The van der Waals surface area contributed by atoms with Crippen molar-refractivity contribution in [3.05, 3.63) is 0 Å². The third kappa shape index (κ3) is 4.62. The molecular formula is C11H23NO2S. The molecule has 3 nitrogen and oxygen atoms in total. The Labute approximate surface area is 95.2 Å². The molecule has 3 unspecified atom stereocenters. The van der Waals surface area contributed by atoms with Crippen LogP contribution in [-0.4, -0.2) is 34.0 Å². The van der Waals surface area contributed by atoms with Gasteiger partial charge in [0.25, 0.3) is 0 Å². The maximum atomic E-state index is 12.1. The minimum atomic E-state index is -0.803. The van der Waals surface area contributed by atoms with Gasteiger partial charge in [0.1, 0.15) is 0 Å². The predicted molar refractivity (Wildman–Crippen MR) is 64.3 cm³/mol. The molecule has 0 saturated heterocycles. The van der Waals surface area contributed by atoms with Crippen molar-refractivity contribution in [3.63, 3.8) is 0 Å². The van der Waals surface area contributed by atoms with Gasteiger partial charge in [0, 0.05) is 34.5 Å². The topological polar surface area (TPSA) is 52.3 Å². The first kappa shape index (κ1) is 13.1. The summed E-state index contributed by atoms with van der Waals surface area (Å²) in [5.74, 6) is 0.591. The molecule has 0 spiro atoms. The van der Waals surface area contributed by atoms with Crippen molar-refractivity contribution in [2.24, 2.45) is 5.73 Å². The SMILES string of the molecule is COC1CCCC(S(=O)CC(C)(C)N)C1. The largest absolute Gasteiger partial charge is 0.381 e. The van der Waals surface area contributed by atoms with Crippen LogP contribution >= 0.6 is 0 Å². The number of rotatable bonds is 4. The van der Waals surface area contributed by atoms with E-state index in [1.54, 1.807) is 7.11 Å². The zero-order valence-corrected chi connectivity index (χ0v) is 10.8. The highest BCUT2D eigenvalue weighted by molar-refractivity contribution is 7.85. The summed E-state index contributed by atoms with van der Waals surface area (Å²) >= 11 is 0. The van der Waals surface area contributed by atoms with Gasteiger partial charge in [0.15, 0.2) is 0 Å². The van der Waals surface area contributed by atoms with Crippen LogP contribution in [0.1, 0.15) is 39.5 Å². The molecule has 2 N–H and O–H groups in total. The summed E-state index contributed by atoms with van der Waals surface area (Å²) < 4.78 is 17.4. The summed E-state index contributed by atoms with van der Waals surface area (Å²) in [5, 5.41) is 0.284. The van der Waals surface area contributed by atoms with E-state index in [4.69, 9.17) is 10.5 Å². The van der Waals surface area contributed by atoms with Crippen LogP contribution in [0.2, 0.25) is 0 Å². The fourth-order valence-electron chi connectivity index (χ4n) is 2.04. The van der Waals surface area contributed by atoms with E-state index in [0.29, 0.717) is 11.9 Å². The van der Waals surface area contributed by atoms with Gasteiger partial charge in [-0.25, -0.2) is 0 Å². The first-order valence-electron chi connectivity index (χ1n) is 5.61. The van der Waals surface area contributed by atoms with Gasteiger partial charge in [-0.1, -0.05) is 0 Å². The van der Waals surface area contributed by atoms with Crippen molar-refractivity contribution in [1.29, 1.82) is 0 Å². The maximum absolute atomic E-state index is 12.1. The quantitative estimate of drug-likeness (QED) is 0.799. The summed E-state index contributed by atoms with van der Waals surface area (Å²) in [7, 11) is 0.936. The van der Waals surface area contributed by atoms with Crippen LogP contribution in [0.5, 0.6) is 0 Å². The number of nitrogens with two attached hydrogens (primary N) is 1. The molecular weight excluding hydrogens is 210 g/mol. The summed E-state index contributed by atoms with van der Waals surface area (Å²) in [6, 6.07) is 0. The van der Waals surface area contributed by atoms with Gasteiger partial charge in [-0.05, 0) is 39.5 Å². The monoisotopic (exact) mass is 233 g/mol. The Bertz CT molecular complexity index is 225. The average Bonchev–Trinajstić information content (AvgIpc) is 2.15. The lowest BCUT2D eigenvalue weighted by molar-refractivity contribution is 0.0725. The summed E-state index contributed by atoms with van der Waals surface area (Å²) in [6.45, 7) is 3.86. The fourth-order valence-corrected chi connectivity index (χ4v) is 3.87. The molecule has 0 aromatic carbocycles. The Morgan fingerprint density at radius 3 is 2.67 bits per heavy atom. The van der Waals surface area contributed by atoms with Gasteiger partial charge in [-0.3, -0.25) is 4.21 Å². The Morgan fingerprint density at radius 1 is 1.47 bits per heavy atom. The van der Waals surface area contributed by atoms with E-state index in [-0.39, 0.29) is 10.8 Å². The van der Waals surface area contributed by atoms with Crippen LogP contribution in [0, 0.1) is 0 Å². The van der Waals surface area contributed by atoms with E-state index in [1.807, 2.05) is 13.8 Å². The van der Waals surface area contributed by atoms with Crippen molar-refractivity contribution in [2.45, 2.75) is 56.4 Å². The van der Waals surface area contributed by atoms with E-state index in [2.05, 4.69) is 0 Å². The number of methoxy groups -OCH3 is 1. The molecule has 90 valence electrons. The van der Waals surface area contributed by atoms with Gasteiger partial charge in [-0.15, -0.1) is 0 Å². The molecule has 0 aliphatic heterocycles. The number of hydrogen-bond acceptors (Lipinski definition) is 3. The molecule has 0 amide bonds. The van der Waals surface area contributed by atoms with Crippen molar-refractivity contribution in [3.8, 4) is 0 Å². The first-order chi connectivity index (χ1) is 6.92. The molecule has 3 atom stereocenters. The van der Waals surface area contributed by atoms with Gasteiger partial charge in [0.05, 0.1) is 6.10 Å². The molecule has 0 bridgehead atoms. The Morgan fingerprint density at radius 2 is 2.13 bits per heavy atom. The van der Waals surface area contributed by atoms with E-state index in [0.717, 1.165) is 25.7 Å². The van der Waals surface area contributed by atoms with Gasteiger partial charge in [0.2, 0.25) is 0 Å². The molecule has 1 saturated carbocycles. The minimum Gasteiger partial charge on any atom is -0.381 e. The van der Waals surface area contributed by atoms with Crippen molar-refractivity contribution >= 4 is 10.8 Å². The smallest absolute Gasteiger partial charge is 0.0582 e. The second-order valence-corrected chi connectivity index (χ2v) is 6.88. The zero-order chi connectivity index (χ0) is 11.5. The summed E-state index contributed by atoms with van der Waals surface area (Å²) in [5.41, 5.74) is 5.56. The van der Waals surface area contributed by atoms with E-state index in [1.165, 1.54) is 0 Å². The Hall–Kier alpha value is 0.0700. The van der Waals surface area contributed by atoms with Crippen LogP contribution < -0.4 is 5.73 Å². The summed E-state index contributed by atoms with van der Waals surface area (Å²) in [4.78, 5) is 0. The lowest BCUT2D eigenvalue weighted by Gasteiger charge is -2.29. The van der Waals surface area contributed by atoms with E-state index in [9.17, 15) is 4.21 Å². The molecule has 1 aliphatic rings. The summed E-state index contributed by atoms with van der Waals surface area (Å²) in [6.07, 6.45) is 4.52. The molecule has 0 heterocycles. The van der Waals surface area contributed by atoms with Gasteiger partial charge in [-0.2, -0.15) is 0 Å². The Kier molecular flexibility index (Phi) is 4.74. The third-order valence-corrected chi connectivity index (χ3v) is 5.00. The van der Waals surface area contributed by atoms with Gasteiger partial charge < -0.3 is 10.5 Å². The molecule has 0 radical (unpaired) electrons. The lowest BCUT2D eigenvalue weighted by atomic mass is 9.97. The molecule has 1 fully saturated rings. The maximum Gasteiger partial charge on any atom is 0.0582 e. The fraction of sp³-hybridized carbons (Fsp3) is 1.00. The molecule has 1 aliphatic carbocycles. The predicted octanol–water partition coefficient (Wildman–Crippen LogP) is 1.43. The molecule has 1 rings (SSSR count). The highest BCUT2D eigenvalue weighted by Crippen LogP contribution is 2.25. The molecule has 4 heteroatoms. The second kappa shape index (κ2) is 5.41. The second-order valence-electron chi connectivity index (χ2n) is 5.16.